The molecule has 1 heterocycles. The number of benzene rings is 1. The number of thioether (sulfide) groups is 1. The van der Waals surface area contributed by atoms with Gasteiger partial charge in [-0.2, -0.15) is 0 Å². The van der Waals surface area contributed by atoms with Crippen LogP contribution in [0.25, 0.3) is 11.5 Å². The van der Waals surface area contributed by atoms with Gasteiger partial charge in [0, 0.05) is 11.3 Å². The summed E-state index contributed by atoms with van der Waals surface area (Å²) in [6, 6.07) is 7.86. The number of rotatable bonds is 6. The van der Waals surface area contributed by atoms with Gasteiger partial charge in [0.05, 0.1) is 18.5 Å². The molecule has 0 radical (unpaired) electrons. The fraction of sp³-hybridized carbons (Fsp3) is 0.385. The highest BCUT2D eigenvalue weighted by molar-refractivity contribution is 7.98. The van der Waals surface area contributed by atoms with Gasteiger partial charge in [0.2, 0.25) is 11.8 Å². The lowest BCUT2D eigenvalue weighted by Gasteiger charge is -2.03. The van der Waals surface area contributed by atoms with E-state index in [4.69, 9.17) is 9.52 Å². The first kappa shape index (κ1) is 14.0. The van der Waals surface area contributed by atoms with Crippen LogP contribution in [0, 0.1) is 6.92 Å². The van der Waals surface area contributed by atoms with Gasteiger partial charge in [-0.1, -0.05) is 17.7 Å². The Labute approximate surface area is 115 Å². The summed E-state index contributed by atoms with van der Waals surface area (Å²) in [4.78, 5) is 0. The van der Waals surface area contributed by atoms with Crippen LogP contribution in [0.15, 0.2) is 28.7 Å². The third-order valence-electron chi connectivity index (χ3n) is 2.48. The molecule has 5 nitrogen and oxygen atoms in total. The Hall–Kier alpha value is -1.37. The first-order valence-electron chi connectivity index (χ1n) is 5.95. The fourth-order valence-electron chi connectivity index (χ4n) is 1.54. The number of aryl methyl sites for hydroxylation is 1. The van der Waals surface area contributed by atoms with Crippen molar-refractivity contribution in [3.8, 4) is 11.5 Å². The van der Waals surface area contributed by atoms with Crippen LogP contribution in [0.4, 0.5) is 0 Å². The summed E-state index contributed by atoms with van der Waals surface area (Å²) in [7, 11) is 0. The van der Waals surface area contributed by atoms with E-state index in [1.54, 1.807) is 0 Å². The van der Waals surface area contributed by atoms with Crippen molar-refractivity contribution in [2.75, 3.05) is 12.4 Å². The molecule has 0 spiro atoms. The van der Waals surface area contributed by atoms with Crippen molar-refractivity contribution in [3.63, 3.8) is 0 Å². The van der Waals surface area contributed by atoms with Crippen molar-refractivity contribution in [1.82, 2.24) is 10.2 Å². The zero-order valence-electron chi connectivity index (χ0n) is 10.6. The molecule has 0 saturated carbocycles. The quantitative estimate of drug-likeness (QED) is 0.837. The molecule has 0 aliphatic heterocycles. The summed E-state index contributed by atoms with van der Waals surface area (Å²) in [6.45, 7) is 1.78. The number of nitrogens with zero attached hydrogens (tertiary/aromatic N) is 2. The number of aliphatic hydroxyl groups is 2. The highest BCUT2D eigenvalue weighted by Crippen LogP contribution is 2.20. The van der Waals surface area contributed by atoms with E-state index in [1.165, 1.54) is 11.8 Å². The maximum absolute atomic E-state index is 9.21. The van der Waals surface area contributed by atoms with Crippen LogP contribution >= 0.6 is 11.8 Å². The van der Waals surface area contributed by atoms with Crippen molar-refractivity contribution < 1.29 is 14.6 Å². The molecule has 6 heteroatoms. The minimum Gasteiger partial charge on any atom is -0.420 e. The Morgan fingerprint density at radius 1 is 1.37 bits per heavy atom. The van der Waals surface area contributed by atoms with Gasteiger partial charge < -0.3 is 14.6 Å². The van der Waals surface area contributed by atoms with Crippen LogP contribution in [-0.4, -0.2) is 38.9 Å². The van der Waals surface area contributed by atoms with Crippen LogP contribution in [0.5, 0.6) is 0 Å². The molecule has 1 atom stereocenters. The molecule has 0 fully saturated rings. The molecule has 1 aromatic carbocycles. The van der Waals surface area contributed by atoms with E-state index in [2.05, 4.69) is 10.2 Å². The number of aliphatic hydroxyl groups excluding tert-OH is 2. The van der Waals surface area contributed by atoms with Crippen molar-refractivity contribution in [3.05, 3.63) is 35.7 Å². The number of aromatic nitrogens is 2. The molecule has 1 unspecified atom stereocenters. The Morgan fingerprint density at radius 2 is 2.21 bits per heavy atom. The summed E-state index contributed by atoms with van der Waals surface area (Å²) < 4.78 is 5.55. The van der Waals surface area contributed by atoms with Crippen molar-refractivity contribution in [1.29, 1.82) is 0 Å². The van der Waals surface area contributed by atoms with Crippen LogP contribution in [-0.2, 0) is 5.75 Å². The normalized spacial score (nSPS) is 12.6. The van der Waals surface area contributed by atoms with Crippen molar-refractivity contribution in [2.24, 2.45) is 0 Å². The van der Waals surface area contributed by atoms with Gasteiger partial charge in [0.1, 0.15) is 0 Å². The molecule has 19 heavy (non-hydrogen) atoms. The summed E-state index contributed by atoms with van der Waals surface area (Å²) in [5, 5.41) is 25.9. The van der Waals surface area contributed by atoms with Gasteiger partial charge in [-0.3, -0.25) is 0 Å². The molecule has 2 aromatic rings. The maximum atomic E-state index is 9.21. The second kappa shape index (κ2) is 6.70. The largest absolute Gasteiger partial charge is 0.420 e. The van der Waals surface area contributed by atoms with Gasteiger partial charge in [-0.25, -0.2) is 0 Å². The molecule has 1 aromatic heterocycles. The van der Waals surface area contributed by atoms with E-state index in [0.29, 0.717) is 23.3 Å². The van der Waals surface area contributed by atoms with Crippen LogP contribution in [0.1, 0.15) is 11.5 Å². The van der Waals surface area contributed by atoms with Gasteiger partial charge >= 0.3 is 0 Å². The molecule has 0 aliphatic carbocycles. The van der Waals surface area contributed by atoms with E-state index < -0.39 is 6.10 Å². The third-order valence-corrected chi connectivity index (χ3v) is 3.55. The van der Waals surface area contributed by atoms with Crippen LogP contribution < -0.4 is 0 Å². The topological polar surface area (TPSA) is 79.4 Å². The van der Waals surface area contributed by atoms with Gasteiger partial charge in [-0.15, -0.1) is 22.0 Å². The van der Waals surface area contributed by atoms with Crippen LogP contribution in [0.2, 0.25) is 0 Å². The molecular weight excluding hydrogens is 264 g/mol. The van der Waals surface area contributed by atoms with Gasteiger partial charge in [0.25, 0.3) is 0 Å². The fourth-order valence-corrected chi connectivity index (χ4v) is 2.33. The molecule has 0 aliphatic rings. The molecular formula is C13H16N2O3S. The Balaban J connectivity index is 1.95. The monoisotopic (exact) mass is 280 g/mol. The lowest BCUT2D eigenvalue weighted by Crippen LogP contribution is -2.14. The standard InChI is InChI=1S/C13H16N2O3S/c1-9-3-2-4-10(5-9)13-15-14-12(18-13)8-19-7-11(17)6-16/h2-5,11,16-17H,6-8H2,1H3. The molecule has 0 saturated heterocycles. The lowest BCUT2D eigenvalue weighted by molar-refractivity contribution is 0.113. The Bertz CT molecular complexity index is 530. The van der Waals surface area contributed by atoms with E-state index in [0.717, 1.165) is 11.1 Å². The summed E-state index contributed by atoms with van der Waals surface area (Å²) >= 11 is 1.44. The molecule has 102 valence electrons. The average molecular weight is 280 g/mol. The molecule has 2 N–H and O–H groups in total. The maximum Gasteiger partial charge on any atom is 0.247 e. The number of hydrogen-bond acceptors (Lipinski definition) is 6. The van der Waals surface area contributed by atoms with E-state index in [1.807, 2.05) is 31.2 Å². The lowest BCUT2D eigenvalue weighted by atomic mass is 10.1. The summed E-state index contributed by atoms with van der Waals surface area (Å²) in [5.41, 5.74) is 2.04. The predicted octanol–water partition coefficient (Wildman–Crippen LogP) is 1.63. The zero-order valence-corrected chi connectivity index (χ0v) is 11.4. The molecule has 0 bridgehead atoms. The third kappa shape index (κ3) is 4.05. The Kier molecular flexibility index (Phi) is 4.95. The SMILES string of the molecule is Cc1cccc(-c2nnc(CSCC(O)CO)o2)c1. The Morgan fingerprint density at radius 3 is 2.95 bits per heavy atom. The summed E-state index contributed by atoms with van der Waals surface area (Å²) in [5.74, 6) is 1.99. The first-order valence-corrected chi connectivity index (χ1v) is 7.10. The van der Waals surface area contributed by atoms with E-state index in [9.17, 15) is 5.11 Å². The second-order valence-electron chi connectivity index (χ2n) is 4.22. The highest BCUT2D eigenvalue weighted by Gasteiger charge is 2.09. The minimum absolute atomic E-state index is 0.231. The van der Waals surface area contributed by atoms with Gasteiger partial charge in [-0.05, 0) is 19.1 Å². The number of hydrogen-bond donors (Lipinski definition) is 2. The molecule has 2 rings (SSSR count). The smallest absolute Gasteiger partial charge is 0.247 e. The van der Waals surface area contributed by atoms with Gasteiger partial charge in [0.15, 0.2) is 0 Å². The van der Waals surface area contributed by atoms with Crippen LogP contribution in [0.3, 0.4) is 0 Å². The predicted molar refractivity (Wildman–Crippen MR) is 73.7 cm³/mol. The minimum atomic E-state index is -0.704. The van der Waals surface area contributed by atoms with E-state index in [-0.39, 0.29) is 6.61 Å². The van der Waals surface area contributed by atoms with Crippen molar-refractivity contribution >= 4 is 11.8 Å². The summed E-state index contributed by atoms with van der Waals surface area (Å²) in [6.07, 6.45) is -0.704. The molecule has 0 amide bonds. The zero-order chi connectivity index (χ0) is 13.7. The van der Waals surface area contributed by atoms with Crippen molar-refractivity contribution in [2.45, 2.75) is 18.8 Å². The average Bonchev–Trinajstić information content (AvgIpc) is 2.87. The highest BCUT2D eigenvalue weighted by atomic mass is 32.2. The second-order valence-corrected chi connectivity index (χ2v) is 5.25. The first-order chi connectivity index (χ1) is 9.19. The van der Waals surface area contributed by atoms with E-state index >= 15 is 0 Å².